The molecule has 94 valence electrons. The van der Waals surface area contributed by atoms with Crippen molar-refractivity contribution < 1.29 is 5.11 Å². The number of hydrogen-bond donors (Lipinski definition) is 1. The summed E-state index contributed by atoms with van der Waals surface area (Å²) < 4.78 is 1.04. The Kier molecular flexibility index (Phi) is 4.05. The van der Waals surface area contributed by atoms with E-state index in [1.807, 2.05) is 42.5 Å². The van der Waals surface area contributed by atoms with Gasteiger partial charge in [-0.05, 0) is 17.7 Å². The Morgan fingerprint density at radius 3 is 2.06 bits per heavy atom. The number of rotatable bonds is 3. The van der Waals surface area contributed by atoms with E-state index in [9.17, 15) is 5.11 Å². The molecule has 0 radical (unpaired) electrons. The average Bonchev–Trinajstić information content (AvgIpc) is 2.40. The van der Waals surface area contributed by atoms with Crippen LogP contribution in [0.15, 0.2) is 59.1 Å². The highest BCUT2D eigenvalue weighted by Crippen LogP contribution is 2.25. The van der Waals surface area contributed by atoms with Crippen LogP contribution in [-0.4, -0.2) is 13.2 Å². The second-order valence-electron chi connectivity index (χ2n) is 5.04. The van der Waals surface area contributed by atoms with Crippen LogP contribution in [-0.2, 0) is 0 Å². The Morgan fingerprint density at radius 2 is 1.50 bits per heavy atom. The summed E-state index contributed by atoms with van der Waals surface area (Å²) in [5.41, 5.74) is 0.617. The van der Waals surface area contributed by atoms with Gasteiger partial charge in [0.1, 0.15) is 8.07 Å². The Morgan fingerprint density at radius 1 is 0.944 bits per heavy atom. The monoisotopic (exact) mass is 320 g/mol. The first-order chi connectivity index (χ1) is 8.51. The maximum absolute atomic E-state index is 10.6. The molecular formula is C15H17BrOSi. The van der Waals surface area contributed by atoms with E-state index in [-0.39, 0.29) is 5.73 Å². The Hall–Kier alpha value is -0.903. The highest BCUT2D eigenvalue weighted by Gasteiger charge is 2.33. The molecule has 0 heterocycles. The summed E-state index contributed by atoms with van der Waals surface area (Å²) in [5, 5.41) is 11.9. The molecule has 0 amide bonds. The van der Waals surface area contributed by atoms with E-state index in [2.05, 4.69) is 41.2 Å². The molecular weight excluding hydrogens is 304 g/mol. The smallest absolute Gasteiger partial charge is 0.118 e. The van der Waals surface area contributed by atoms with Crippen molar-refractivity contribution in [3.63, 3.8) is 0 Å². The lowest BCUT2D eigenvalue weighted by molar-refractivity contribution is 0.251. The van der Waals surface area contributed by atoms with Gasteiger partial charge in [-0.2, -0.15) is 0 Å². The highest BCUT2D eigenvalue weighted by atomic mass is 79.9. The van der Waals surface area contributed by atoms with Gasteiger partial charge in [0.15, 0.2) is 0 Å². The Labute approximate surface area is 118 Å². The zero-order valence-corrected chi connectivity index (χ0v) is 13.2. The topological polar surface area (TPSA) is 20.2 Å². The fourth-order valence-corrected chi connectivity index (χ4v) is 4.74. The quantitative estimate of drug-likeness (QED) is 0.856. The first-order valence-corrected chi connectivity index (χ1v) is 9.88. The number of benzene rings is 2. The molecule has 0 spiro atoms. The van der Waals surface area contributed by atoms with Gasteiger partial charge in [0.25, 0.3) is 0 Å². The van der Waals surface area contributed by atoms with Crippen molar-refractivity contribution in [3.8, 4) is 0 Å². The van der Waals surface area contributed by atoms with Crippen LogP contribution in [0.25, 0.3) is 0 Å². The van der Waals surface area contributed by atoms with Gasteiger partial charge < -0.3 is 5.11 Å². The lowest BCUT2D eigenvalue weighted by Crippen LogP contribution is -2.47. The molecule has 1 atom stereocenters. The first-order valence-electron chi connectivity index (χ1n) is 6.01. The average molecular weight is 321 g/mol. The maximum Gasteiger partial charge on any atom is 0.118 e. The molecule has 0 bridgehead atoms. The third-order valence-electron chi connectivity index (χ3n) is 3.39. The van der Waals surface area contributed by atoms with Crippen molar-refractivity contribution in [3.05, 3.63) is 64.6 Å². The minimum atomic E-state index is -1.90. The SMILES string of the molecule is C[Si](C)(c1ccccc1)C(O)c1ccc(Br)cc1. The molecule has 3 heteroatoms. The summed E-state index contributed by atoms with van der Waals surface area (Å²) in [6.45, 7) is 4.41. The van der Waals surface area contributed by atoms with Crippen molar-refractivity contribution in [2.24, 2.45) is 0 Å². The number of hydrogen-bond acceptors (Lipinski definition) is 1. The second-order valence-corrected chi connectivity index (χ2v) is 10.5. The molecule has 2 aromatic carbocycles. The van der Waals surface area contributed by atoms with Gasteiger partial charge in [-0.15, -0.1) is 0 Å². The van der Waals surface area contributed by atoms with Crippen LogP contribution in [0.1, 0.15) is 11.3 Å². The minimum Gasteiger partial charge on any atom is -0.392 e. The second kappa shape index (κ2) is 5.39. The summed E-state index contributed by atoms with van der Waals surface area (Å²) in [4.78, 5) is 0. The largest absolute Gasteiger partial charge is 0.392 e. The molecule has 1 N–H and O–H groups in total. The van der Waals surface area contributed by atoms with Crippen LogP contribution in [0.4, 0.5) is 0 Å². The molecule has 0 aliphatic heterocycles. The lowest BCUT2D eigenvalue weighted by atomic mass is 10.2. The summed E-state index contributed by atoms with van der Waals surface area (Å²) in [6, 6.07) is 18.3. The highest BCUT2D eigenvalue weighted by molar-refractivity contribution is 9.10. The number of halogens is 1. The molecule has 0 saturated carbocycles. The van der Waals surface area contributed by atoms with Crippen LogP contribution < -0.4 is 5.19 Å². The van der Waals surface area contributed by atoms with E-state index in [4.69, 9.17) is 0 Å². The van der Waals surface area contributed by atoms with E-state index >= 15 is 0 Å². The van der Waals surface area contributed by atoms with Gasteiger partial charge in [0, 0.05) is 4.47 Å². The van der Waals surface area contributed by atoms with E-state index in [1.165, 1.54) is 5.19 Å². The maximum atomic E-state index is 10.6. The predicted octanol–water partition coefficient (Wildman–Crippen LogP) is 3.64. The molecule has 0 fully saturated rings. The fraction of sp³-hybridized carbons (Fsp3) is 0.200. The zero-order chi connectivity index (χ0) is 13.2. The van der Waals surface area contributed by atoms with Crippen molar-refractivity contribution in [2.75, 3.05) is 0 Å². The van der Waals surface area contributed by atoms with E-state index in [0.29, 0.717) is 0 Å². The minimum absolute atomic E-state index is 0.381. The van der Waals surface area contributed by atoms with Crippen LogP contribution in [0.2, 0.25) is 13.1 Å². The van der Waals surface area contributed by atoms with Gasteiger partial charge in [0.05, 0.1) is 5.73 Å². The van der Waals surface area contributed by atoms with Crippen molar-refractivity contribution in [1.29, 1.82) is 0 Å². The first kappa shape index (κ1) is 13.5. The van der Waals surface area contributed by atoms with Crippen LogP contribution >= 0.6 is 15.9 Å². The normalized spacial score (nSPS) is 13.3. The molecule has 2 aromatic rings. The van der Waals surface area contributed by atoms with E-state index in [0.717, 1.165) is 10.0 Å². The Balaban J connectivity index is 2.32. The standard InChI is InChI=1S/C15H17BrOSi/c1-18(2,14-6-4-3-5-7-14)15(17)12-8-10-13(16)11-9-12/h3-11,15,17H,1-2H3. The molecule has 2 rings (SSSR count). The fourth-order valence-electron chi connectivity index (χ4n) is 2.09. The molecule has 0 aliphatic carbocycles. The molecule has 18 heavy (non-hydrogen) atoms. The summed E-state index contributed by atoms with van der Waals surface area (Å²) >= 11 is 3.42. The third-order valence-corrected chi connectivity index (χ3v) is 7.44. The van der Waals surface area contributed by atoms with Crippen molar-refractivity contribution in [2.45, 2.75) is 18.8 Å². The van der Waals surface area contributed by atoms with Gasteiger partial charge in [-0.3, -0.25) is 0 Å². The molecule has 1 unspecified atom stereocenters. The number of aliphatic hydroxyl groups excluding tert-OH is 1. The molecule has 0 aliphatic rings. The van der Waals surface area contributed by atoms with Crippen LogP contribution in [0, 0.1) is 0 Å². The van der Waals surface area contributed by atoms with Crippen molar-refractivity contribution >= 4 is 29.2 Å². The molecule has 0 aromatic heterocycles. The predicted molar refractivity (Wildman–Crippen MR) is 82.7 cm³/mol. The van der Waals surface area contributed by atoms with Gasteiger partial charge >= 0.3 is 0 Å². The summed E-state index contributed by atoms with van der Waals surface area (Å²) in [5.74, 6) is 0. The van der Waals surface area contributed by atoms with Crippen LogP contribution in [0.5, 0.6) is 0 Å². The van der Waals surface area contributed by atoms with Gasteiger partial charge in [-0.1, -0.05) is 76.7 Å². The van der Waals surface area contributed by atoms with Gasteiger partial charge in [-0.25, -0.2) is 0 Å². The number of aliphatic hydroxyl groups is 1. The zero-order valence-electron chi connectivity index (χ0n) is 10.6. The molecule has 0 saturated heterocycles. The van der Waals surface area contributed by atoms with E-state index in [1.54, 1.807) is 0 Å². The van der Waals surface area contributed by atoms with E-state index < -0.39 is 8.07 Å². The van der Waals surface area contributed by atoms with Gasteiger partial charge in [0.2, 0.25) is 0 Å². The van der Waals surface area contributed by atoms with Crippen LogP contribution in [0.3, 0.4) is 0 Å². The van der Waals surface area contributed by atoms with Crippen molar-refractivity contribution in [1.82, 2.24) is 0 Å². The summed E-state index contributed by atoms with van der Waals surface area (Å²) in [6.07, 6.45) is 0. The Bertz CT molecular complexity index is 508. The molecule has 1 nitrogen and oxygen atoms in total. The summed E-state index contributed by atoms with van der Waals surface area (Å²) in [7, 11) is -1.90. The third kappa shape index (κ3) is 2.74. The lowest BCUT2D eigenvalue weighted by Gasteiger charge is -2.29.